The van der Waals surface area contributed by atoms with E-state index in [9.17, 15) is 20.3 Å². The van der Waals surface area contributed by atoms with Crippen molar-refractivity contribution in [2.75, 3.05) is 18.5 Å². The van der Waals surface area contributed by atoms with Gasteiger partial charge in [0.1, 0.15) is 17.6 Å². The minimum absolute atomic E-state index is 0.0176. The summed E-state index contributed by atoms with van der Waals surface area (Å²) in [6.07, 6.45) is -2.12. The van der Waals surface area contributed by atoms with E-state index in [1.54, 1.807) is 39.0 Å². The highest BCUT2D eigenvalue weighted by molar-refractivity contribution is 5.59. The van der Waals surface area contributed by atoms with Crippen LogP contribution >= 0.6 is 0 Å². The quantitative estimate of drug-likeness (QED) is 0.258. The zero-order chi connectivity index (χ0) is 21.9. The fourth-order valence-corrected chi connectivity index (χ4v) is 3.57. The molecule has 2 aromatic carbocycles. The Kier molecular flexibility index (Phi) is 6.45. The number of nitro benzene ring substituents is 1. The largest absolute Gasteiger partial charge is 0.506 e. The van der Waals surface area contributed by atoms with Gasteiger partial charge in [0.05, 0.1) is 16.7 Å². The Morgan fingerprint density at radius 2 is 1.90 bits per heavy atom. The molecule has 2 aromatic rings. The molecule has 0 saturated carbocycles. The summed E-state index contributed by atoms with van der Waals surface area (Å²) in [6.45, 7) is 5.94. The van der Waals surface area contributed by atoms with Crippen LogP contribution in [0.3, 0.4) is 0 Å². The third-order valence-corrected chi connectivity index (χ3v) is 5.09. The summed E-state index contributed by atoms with van der Waals surface area (Å²) < 4.78 is 17.5. The zero-order valence-electron chi connectivity index (χ0n) is 17.1. The monoisotopic (exact) mass is 418 g/mol. The average Bonchev–Trinajstić information content (AvgIpc) is 2.72. The minimum atomic E-state index is -1.32. The van der Waals surface area contributed by atoms with Gasteiger partial charge in [0, 0.05) is 30.9 Å². The van der Waals surface area contributed by atoms with Gasteiger partial charge < -0.3 is 29.7 Å². The summed E-state index contributed by atoms with van der Waals surface area (Å²) in [5.74, 6) is 0.335. The van der Waals surface area contributed by atoms with Crippen LogP contribution in [-0.2, 0) is 9.47 Å². The fraction of sp³-hybridized carbons (Fsp3) is 0.429. The average molecular weight is 418 g/mol. The molecule has 1 aliphatic rings. The lowest BCUT2D eigenvalue weighted by Gasteiger charge is -2.47. The van der Waals surface area contributed by atoms with Gasteiger partial charge in [0.2, 0.25) is 0 Å². The van der Waals surface area contributed by atoms with Crippen molar-refractivity contribution in [1.82, 2.24) is 0 Å². The van der Waals surface area contributed by atoms with E-state index in [4.69, 9.17) is 14.2 Å². The topological polar surface area (TPSA) is 123 Å². The zero-order valence-corrected chi connectivity index (χ0v) is 17.1. The molecule has 3 N–H and O–H groups in total. The van der Waals surface area contributed by atoms with Crippen LogP contribution in [0.4, 0.5) is 11.4 Å². The number of aliphatic hydroxyl groups excluding tert-OH is 1. The molecule has 1 heterocycles. The first-order valence-electron chi connectivity index (χ1n) is 9.75. The van der Waals surface area contributed by atoms with Crippen molar-refractivity contribution in [3.63, 3.8) is 0 Å². The maximum atomic E-state index is 11.3. The molecule has 9 nitrogen and oxygen atoms in total. The number of hydrogen-bond donors (Lipinski definition) is 3. The van der Waals surface area contributed by atoms with Crippen molar-refractivity contribution < 1.29 is 29.3 Å². The molecule has 0 amide bonds. The van der Waals surface area contributed by atoms with Crippen LogP contribution in [0.25, 0.3) is 0 Å². The van der Waals surface area contributed by atoms with Gasteiger partial charge in [-0.1, -0.05) is 12.1 Å². The van der Waals surface area contributed by atoms with Crippen LogP contribution < -0.4 is 10.1 Å². The van der Waals surface area contributed by atoms with E-state index >= 15 is 0 Å². The lowest BCUT2D eigenvalue weighted by atomic mass is 9.84. The number of rotatable bonds is 8. The summed E-state index contributed by atoms with van der Waals surface area (Å²) in [4.78, 5) is 10.8. The summed E-state index contributed by atoms with van der Waals surface area (Å²) in [7, 11) is 0. The van der Waals surface area contributed by atoms with Gasteiger partial charge in [-0.3, -0.25) is 10.1 Å². The highest BCUT2D eigenvalue weighted by Crippen LogP contribution is 2.45. The van der Waals surface area contributed by atoms with Crippen molar-refractivity contribution in [3.05, 3.63) is 58.1 Å². The molecular formula is C21H26N2O7. The highest BCUT2D eigenvalue weighted by atomic mass is 16.7. The van der Waals surface area contributed by atoms with Crippen LogP contribution in [0.1, 0.15) is 32.4 Å². The number of nitro groups is 1. The Labute approximate surface area is 174 Å². The molecule has 3 rings (SSSR count). The van der Waals surface area contributed by atoms with Gasteiger partial charge in [-0.05, 0) is 39.0 Å². The van der Waals surface area contributed by atoms with E-state index in [1.165, 1.54) is 24.3 Å². The van der Waals surface area contributed by atoms with Gasteiger partial charge in [-0.25, -0.2) is 0 Å². The van der Waals surface area contributed by atoms with E-state index < -0.39 is 29.0 Å². The molecule has 0 aliphatic carbocycles. The van der Waals surface area contributed by atoms with E-state index in [-0.39, 0.29) is 11.4 Å². The lowest BCUT2D eigenvalue weighted by Crippen LogP contribution is -2.61. The fourth-order valence-electron chi connectivity index (χ4n) is 3.57. The maximum Gasteiger partial charge on any atom is 0.270 e. The Balaban J connectivity index is 2.10. The standard InChI is InChI=1S/C21H26N2O7/c1-4-28-20(29-5-2)21(3)19(25)18(22-15-8-6-7-9-16(15)24)14-12-13(23(26)27)10-11-17(14)30-21/h6-12,18-20,22,24-25H,4-5H2,1-3H3/t18-,19+,21+/m0/s1. The summed E-state index contributed by atoms with van der Waals surface area (Å²) in [5.41, 5.74) is -0.697. The predicted octanol–water partition coefficient (Wildman–Crippen LogP) is 3.36. The number of aromatic hydroxyl groups is 1. The molecule has 3 atom stereocenters. The number of anilines is 1. The Morgan fingerprint density at radius 1 is 1.23 bits per heavy atom. The van der Waals surface area contributed by atoms with Crippen molar-refractivity contribution >= 4 is 11.4 Å². The van der Waals surface area contributed by atoms with Crippen LogP contribution in [0.5, 0.6) is 11.5 Å². The van der Waals surface area contributed by atoms with Crippen molar-refractivity contribution in [2.24, 2.45) is 0 Å². The summed E-state index contributed by atoms with van der Waals surface area (Å²) >= 11 is 0. The number of non-ortho nitro benzene ring substituents is 1. The number of fused-ring (bicyclic) bond motifs is 1. The number of hydrogen-bond acceptors (Lipinski definition) is 8. The number of benzene rings is 2. The molecule has 30 heavy (non-hydrogen) atoms. The molecule has 0 radical (unpaired) electrons. The predicted molar refractivity (Wildman–Crippen MR) is 110 cm³/mol. The second-order valence-electron chi connectivity index (χ2n) is 7.09. The highest BCUT2D eigenvalue weighted by Gasteiger charge is 2.53. The molecular weight excluding hydrogens is 392 g/mol. The van der Waals surface area contributed by atoms with Gasteiger partial charge in [-0.15, -0.1) is 0 Å². The summed E-state index contributed by atoms with van der Waals surface area (Å²) in [6, 6.07) is 9.89. The van der Waals surface area contributed by atoms with Crippen LogP contribution in [-0.4, -0.2) is 46.3 Å². The first-order valence-corrected chi connectivity index (χ1v) is 9.75. The number of aliphatic hydroxyl groups is 1. The molecule has 1 aliphatic heterocycles. The van der Waals surface area contributed by atoms with Crippen LogP contribution in [0, 0.1) is 10.1 Å². The molecule has 9 heteroatoms. The van der Waals surface area contributed by atoms with E-state index in [2.05, 4.69) is 5.32 Å². The minimum Gasteiger partial charge on any atom is -0.506 e. The molecule has 162 valence electrons. The van der Waals surface area contributed by atoms with Crippen molar-refractivity contribution in [3.8, 4) is 11.5 Å². The number of nitrogens with zero attached hydrogens (tertiary/aromatic N) is 1. The van der Waals surface area contributed by atoms with Crippen LogP contribution in [0.2, 0.25) is 0 Å². The van der Waals surface area contributed by atoms with Gasteiger partial charge in [0.25, 0.3) is 5.69 Å². The van der Waals surface area contributed by atoms with Crippen molar-refractivity contribution in [1.29, 1.82) is 0 Å². The Bertz CT molecular complexity index is 901. The second kappa shape index (κ2) is 8.86. The number of para-hydroxylation sites is 2. The van der Waals surface area contributed by atoms with Gasteiger partial charge in [-0.2, -0.15) is 0 Å². The number of ether oxygens (including phenoxy) is 3. The third kappa shape index (κ3) is 4.04. The van der Waals surface area contributed by atoms with Crippen LogP contribution in [0.15, 0.2) is 42.5 Å². The number of phenolic OH excluding ortho intramolecular Hbond substituents is 1. The Morgan fingerprint density at radius 3 is 2.50 bits per heavy atom. The Hall–Kier alpha value is -2.88. The SMILES string of the molecule is CCOC(OCC)[C@]1(C)Oc2ccc([N+](=O)[O-])cc2[C@H](Nc2ccccc2O)[C@H]1O. The molecule has 0 aromatic heterocycles. The van der Waals surface area contributed by atoms with Gasteiger partial charge in [0.15, 0.2) is 11.9 Å². The molecule has 0 fully saturated rings. The lowest BCUT2D eigenvalue weighted by molar-refractivity contribution is -0.385. The first-order chi connectivity index (χ1) is 14.3. The third-order valence-electron chi connectivity index (χ3n) is 5.09. The van der Waals surface area contributed by atoms with E-state index in [0.717, 1.165) is 0 Å². The maximum absolute atomic E-state index is 11.3. The summed E-state index contributed by atoms with van der Waals surface area (Å²) in [5, 5.41) is 35.9. The molecule has 0 bridgehead atoms. The molecule has 0 unspecified atom stereocenters. The number of nitrogens with one attached hydrogen (secondary N) is 1. The smallest absolute Gasteiger partial charge is 0.270 e. The van der Waals surface area contributed by atoms with Crippen molar-refractivity contribution in [2.45, 2.75) is 44.8 Å². The second-order valence-corrected chi connectivity index (χ2v) is 7.09. The number of phenols is 1. The first kappa shape index (κ1) is 21.8. The van der Waals surface area contributed by atoms with Gasteiger partial charge >= 0.3 is 0 Å². The normalized spacial score (nSPS) is 23.0. The molecule has 0 spiro atoms. The van der Waals surface area contributed by atoms with E-state index in [1.807, 2.05) is 0 Å². The molecule has 0 saturated heterocycles. The van der Waals surface area contributed by atoms with E-state index in [0.29, 0.717) is 30.2 Å².